The van der Waals surface area contributed by atoms with Crippen molar-refractivity contribution >= 4 is 16.9 Å². The molecule has 0 spiro atoms. The van der Waals surface area contributed by atoms with Crippen molar-refractivity contribution in [3.05, 3.63) is 35.6 Å². The van der Waals surface area contributed by atoms with Gasteiger partial charge in [-0.1, -0.05) is 18.2 Å². The van der Waals surface area contributed by atoms with Crippen LogP contribution in [0.1, 0.15) is 22.5 Å². The number of aliphatic hydroxyl groups excluding tert-OH is 1. The van der Waals surface area contributed by atoms with Crippen molar-refractivity contribution in [2.24, 2.45) is 0 Å². The molecule has 1 aliphatic heterocycles. The number of para-hydroxylation sites is 1. The second-order valence-corrected chi connectivity index (χ2v) is 4.88. The molecule has 1 aliphatic rings. The highest BCUT2D eigenvalue weighted by Crippen LogP contribution is 2.27. The number of nitrogens with zero attached hydrogens (tertiary/aromatic N) is 1. The van der Waals surface area contributed by atoms with Gasteiger partial charge in [0.25, 0.3) is 0 Å². The second-order valence-electron chi connectivity index (χ2n) is 4.88. The van der Waals surface area contributed by atoms with Crippen molar-refractivity contribution < 1.29 is 19.4 Å². The Balaban J connectivity index is 1.98. The molecule has 1 fully saturated rings. The lowest BCUT2D eigenvalue weighted by molar-refractivity contribution is 0.0694. The highest BCUT2D eigenvalue weighted by molar-refractivity contribution is 6.03. The number of β-amino-alcohol motifs (C(OH)–C–C–N with tert-alkyl or cyclic N) is 1. The molecule has 5 nitrogen and oxygen atoms in total. The Bertz CT molecular complexity index is 619. The van der Waals surface area contributed by atoms with Crippen LogP contribution < -0.4 is 0 Å². The van der Waals surface area contributed by atoms with Gasteiger partial charge in [-0.25, -0.2) is 4.79 Å². The molecule has 3 rings (SSSR count). The molecule has 0 aliphatic carbocycles. The number of carboxylic acids is 1. The monoisotopic (exact) mass is 261 g/mol. The van der Waals surface area contributed by atoms with E-state index in [0.717, 1.165) is 13.0 Å². The smallest absolute Gasteiger partial charge is 0.339 e. The van der Waals surface area contributed by atoms with Crippen LogP contribution in [0.15, 0.2) is 28.7 Å². The molecule has 2 N–H and O–H groups in total. The van der Waals surface area contributed by atoms with Crippen LogP contribution in [0.4, 0.5) is 0 Å². The minimum atomic E-state index is -0.973. The van der Waals surface area contributed by atoms with Crippen LogP contribution >= 0.6 is 0 Å². The molecule has 2 aromatic rings. The fourth-order valence-electron chi connectivity index (χ4n) is 2.60. The summed E-state index contributed by atoms with van der Waals surface area (Å²) in [7, 11) is 0. The predicted molar refractivity (Wildman–Crippen MR) is 69.1 cm³/mol. The van der Waals surface area contributed by atoms with Gasteiger partial charge >= 0.3 is 5.97 Å². The molecule has 0 saturated carbocycles. The van der Waals surface area contributed by atoms with Crippen LogP contribution in [0.25, 0.3) is 11.0 Å². The maximum atomic E-state index is 11.4. The van der Waals surface area contributed by atoms with Crippen LogP contribution in [-0.4, -0.2) is 40.3 Å². The predicted octanol–water partition coefficient (Wildman–Crippen LogP) is 1.70. The largest absolute Gasteiger partial charge is 0.478 e. The van der Waals surface area contributed by atoms with Gasteiger partial charge in [0.05, 0.1) is 12.6 Å². The number of benzene rings is 1. The quantitative estimate of drug-likeness (QED) is 0.879. The zero-order valence-corrected chi connectivity index (χ0v) is 10.4. The van der Waals surface area contributed by atoms with E-state index in [4.69, 9.17) is 4.42 Å². The molecule has 1 unspecified atom stereocenters. The van der Waals surface area contributed by atoms with Crippen molar-refractivity contribution in [1.82, 2.24) is 4.90 Å². The summed E-state index contributed by atoms with van der Waals surface area (Å²) in [5, 5.41) is 19.5. The highest BCUT2D eigenvalue weighted by Gasteiger charge is 2.25. The van der Waals surface area contributed by atoms with Gasteiger partial charge < -0.3 is 14.6 Å². The number of carbonyl (C=O) groups is 1. The number of fused-ring (bicyclic) bond motifs is 1. The Kier molecular flexibility index (Phi) is 3.00. The van der Waals surface area contributed by atoms with Gasteiger partial charge in [-0.3, -0.25) is 4.90 Å². The van der Waals surface area contributed by atoms with Crippen LogP contribution in [0.2, 0.25) is 0 Å². The van der Waals surface area contributed by atoms with E-state index in [0.29, 0.717) is 29.8 Å². The summed E-state index contributed by atoms with van der Waals surface area (Å²) in [6, 6.07) is 7.14. The molecule has 1 aromatic carbocycles. The van der Waals surface area contributed by atoms with Crippen LogP contribution in [0.3, 0.4) is 0 Å². The van der Waals surface area contributed by atoms with Gasteiger partial charge in [0.1, 0.15) is 16.9 Å². The van der Waals surface area contributed by atoms with Crippen molar-refractivity contribution in [1.29, 1.82) is 0 Å². The summed E-state index contributed by atoms with van der Waals surface area (Å²) >= 11 is 0. The fourth-order valence-corrected chi connectivity index (χ4v) is 2.60. The molecular formula is C14H15NO4. The van der Waals surface area contributed by atoms with Crippen molar-refractivity contribution in [3.63, 3.8) is 0 Å². The van der Waals surface area contributed by atoms with E-state index in [-0.39, 0.29) is 11.7 Å². The van der Waals surface area contributed by atoms with Crippen LogP contribution in [0.5, 0.6) is 0 Å². The number of rotatable bonds is 3. The second kappa shape index (κ2) is 4.68. The zero-order chi connectivity index (χ0) is 13.4. The molecule has 100 valence electrons. The minimum Gasteiger partial charge on any atom is -0.478 e. The molecule has 0 amide bonds. The highest BCUT2D eigenvalue weighted by atomic mass is 16.4. The lowest BCUT2D eigenvalue weighted by atomic mass is 10.1. The number of likely N-dealkylation sites (tertiary alicyclic amines) is 1. The first kappa shape index (κ1) is 12.2. The number of furan rings is 1. The summed E-state index contributed by atoms with van der Waals surface area (Å²) in [4.78, 5) is 13.4. The summed E-state index contributed by atoms with van der Waals surface area (Å²) in [6.45, 7) is 1.75. The van der Waals surface area contributed by atoms with E-state index >= 15 is 0 Å². The van der Waals surface area contributed by atoms with Crippen LogP contribution in [0, 0.1) is 0 Å². The molecule has 2 heterocycles. The molecule has 0 radical (unpaired) electrons. The zero-order valence-electron chi connectivity index (χ0n) is 10.4. The first-order valence-corrected chi connectivity index (χ1v) is 6.29. The fraction of sp³-hybridized carbons (Fsp3) is 0.357. The average molecular weight is 261 g/mol. The Morgan fingerprint density at radius 2 is 2.21 bits per heavy atom. The van der Waals surface area contributed by atoms with Gasteiger partial charge in [-0.2, -0.15) is 0 Å². The number of aliphatic hydroxyl groups is 1. The first-order chi connectivity index (χ1) is 9.15. The lowest BCUT2D eigenvalue weighted by Gasteiger charge is -2.13. The summed E-state index contributed by atoms with van der Waals surface area (Å²) in [6.07, 6.45) is 0.403. The van der Waals surface area contributed by atoms with Crippen molar-refractivity contribution in [2.45, 2.75) is 19.1 Å². The Labute approximate surface area is 110 Å². The maximum Gasteiger partial charge on any atom is 0.339 e. The minimum absolute atomic E-state index is 0.233. The maximum absolute atomic E-state index is 11.4. The Morgan fingerprint density at radius 1 is 1.42 bits per heavy atom. The van der Waals surface area contributed by atoms with E-state index in [9.17, 15) is 15.0 Å². The number of hydrogen-bond donors (Lipinski definition) is 2. The Morgan fingerprint density at radius 3 is 2.89 bits per heavy atom. The van der Waals surface area contributed by atoms with E-state index in [1.165, 1.54) is 0 Å². The summed E-state index contributed by atoms with van der Waals surface area (Å²) in [5.41, 5.74) is 0.826. The summed E-state index contributed by atoms with van der Waals surface area (Å²) < 4.78 is 5.65. The van der Waals surface area contributed by atoms with E-state index in [1.807, 2.05) is 11.0 Å². The topological polar surface area (TPSA) is 73.9 Å². The first-order valence-electron chi connectivity index (χ1n) is 6.29. The van der Waals surface area contributed by atoms with Gasteiger partial charge in [-0.05, 0) is 12.5 Å². The average Bonchev–Trinajstić information content (AvgIpc) is 2.92. The molecule has 1 saturated heterocycles. The SMILES string of the molecule is O=C(O)c1c(CN2CCC(O)C2)oc2ccccc12. The number of carboxylic acid groups (broad SMARTS) is 1. The van der Waals surface area contributed by atoms with Crippen molar-refractivity contribution in [2.75, 3.05) is 13.1 Å². The normalized spacial score (nSPS) is 20.2. The number of hydrogen-bond acceptors (Lipinski definition) is 4. The van der Waals surface area contributed by atoms with Gasteiger partial charge in [0, 0.05) is 18.5 Å². The lowest BCUT2D eigenvalue weighted by Crippen LogP contribution is -2.22. The standard InChI is InChI=1S/C14H15NO4/c16-9-5-6-15(7-9)8-12-13(14(17)18)10-3-1-2-4-11(10)19-12/h1-4,9,16H,5-8H2,(H,17,18). The van der Waals surface area contributed by atoms with E-state index in [2.05, 4.69) is 0 Å². The van der Waals surface area contributed by atoms with Gasteiger partial charge in [0.15, 0.2) is 0 Å². The van der Waals surface area contributed by atoms with Crippen molar-refractivity contribution in [3.8, 4) is 0 Å². The summed E-state index contributed by atoms with van der Waals surface area (Å²) in [5.74, 6) is -0.512. The third-order valence-corrected chi connectivity index (χ3v) is 3.50. The molecule has 5 heteroatoms. The molecule has 19 heavy (non-hydrogen) atoms. The van der Waals surface area contributed by atoms with E-state index in [1.54, 1.807) is 18.2 Å². The molecule has 1 atom stereocenters. The molecular weight excluding hydrogens is 246 g/mol. The molecule has 1 aromatic heterocycles. The third kappa shape index (κ3) is 2.22. The molecule has 0 bridgehead atoms. The Hall–Kier alpha value is -1.85. The third-order valence-electron chi connectivity index (χ3n) is 3.50. The van der Waals surface area contributed by atoms with Gasteiger partial charge in [0.2, 0.25) is 0 Å². The van der Waals surface area contributed by atoms with E-state index < -0.39 is 5.97 Å². The van der Waals surface area contributed by atoms with Crippen LogP contribution in [-0.2, 0) is 6.54 Å². The van der Waals surface area contributed by atoms with Gasteiger partial charge in [-0.15, -0.1) is 0 Å². The number of aromatic carboxylic acids is 1.